The minimum absolute atomic E-state index is 0.363. The van der Waals surface area contributed by atoms with Crippen molar-refractivity contribution in [3.05, 3.63) is 66.5 Å². The summed E-state index contributed by atoms with van der Waals surface area (Å²) in [5.74, 6) is 3.51. The molecule has 5 rings (SSSR count). The van der Waals surface area contributed by atoms with Gasteiger partial charge in [0.2, 0.25) is 11.5 Å². The Kier molecular flexibility index (Phi) is 9.59. The first kappa shape index (κ1) is 30.7. The first-order valence-electron chi connectivity index (χ1n) is 14.4. The Hall–Kier alpha value is -4.70. The second-order valence-electron chi connectivity index (χ2n) is 10.6. The fraction of sp³-hybridized carbons (Fsp3) is 0.353. The predicted molar refractivity (Wildman–Crippen MR) is 171 cm³/mol. The fourth-order valence-electron chi connectivity index (χ4n) is 5.73. The summed E-state index contributed by atoms with van der Waals surface area (Å²) in [6, 6.07) is 16.4. The van der Waals surface area contributed by atoms with Crippen molar-refractivity contribution in [1.82, 2.24) is 14.9 Å². The number of likely N-dealkylation sites (N-methyl/N-ethyl adjacent to an activating group) is 1. The van der Waals surface area contributed by atoms with Gasteiger partial charge in [-0.15, -0.1) is 0 Å². The molecule has 2 aromatic heterocycles. The standard InChI is InChI=1S/C34H40N4O6/c1-37(25-9-12-36-28(19-25)24-17-31(41-4)34(44-7)32(18-24)42-5)26-10-13-38(21-26)20-22-8-11-35-27(14-22)23-15-29(39-2)33(43-6)30(16-23)40-3/h8-9,11-12,14-19,26H,10,13,20-21H2,1-7H3/t26-/m0/s1. The lowest BCUT2D eigenvalue weighted by Gasteiger charge is -2.27. The Labute approximate surface area is 259 Å². The molecule has 0 spiro atoms. The van der Waals surface area contributed by atoms with Crippen LogP contribution < -0.4 is 33.3 Å². The van der Waals surface area contributed by atoms with Gasteiger partial charge in [-0.2, -0.15) is 0 Å². The molecule has 1 atom stereocenters. The van der Waals surface area contributed by atoms with Gasteiger partial charge < -0.3 is 33.3 Å². The fourth-order valence-corrected chi connectivity index (χ4v) is 5.73. The summed E-state index contributed by atoms with van der Waals surface area (Å²) in [6.45, 7) is 2.78. The van der Waals surface area contributed by atoms with Crippen LogP contribution in [0.4, 0.5) is 5.69 Å². The summed E-state index contributed by atoms with van der Waals surface area (Å²) in [5, 5.41) is 0. The van der Waals surface area contributed by atoms with Gasteiger partial charge in [0.15, 0.2) is 23.0 Å². The van der Waals surface area contributed by atoms with E-state index < -0.39 is 0 Å². The maximum Gasteiger partial charge on any atom is 0.203 e. The zero-order valence-corrected chi connectivity index (χ0v) is 26.4. The minimum atomic E-state index is 0.363. The van der Waals surface area contributed by atoms with Crippen LogP contribution >= 0.6 is 0 Å². The van der Waals surface area contributed by atoms with E-state index in [1.54, 1.807) is 42.7 Å². The first-order chi connectivity index (χ1) is 21.4. The van der Waals surface area contributed by atoms with Gasteiger partial charge in [-0.05, 0) is 60.5 Å². The zero-order valence-electron chi connectivity index (χ0n) is 26.4. The Morgan fingerprint density at radius 1 is 0.682 bits per heavy atom. The van der Waals surface area contributed by atoms with Gasteiger partial charge in [0, 0.05) is 61.9 Å². The molecule has 0 amide bonds. The number of nitrogens with zero attached hydrogens (tertiary/aromatic N) is 4. The summed E-state index contributed by atoms with van der Waals surface area (Å²) in [4.78, 5) is 14.1. The van der Waals surface area contributed by atoms with Crippen LogP contribution in [0.15, 0.2) is 60.9 Å². The molecule has 0 N–H and O–H groups in total. The monoisotopic (exact) mass is 600 g/mol. The number of benzene rings is 2. The van der Waals surface area contributed by atoms with Crippen LogP contribution in [0.25, 0.3) is 22.5 Å². The van der Waals surface area contributed by atoms with Crippen LogP contribution in [0.2, 0.25) is 0 Å². The van der Waals surface area contributed by atoms with Gasteiger partial charge in [-0.25, -0.2) is 0 Å². The molecule has 0 saturated carbocycles. The number of rotatable bonds is 12. The highest BCUT2D eigenvalue weighted by Gasteiger charge is 2.27. The second-order valence-corrected chi connectivity index (χ2v) is 10.6. The van der Waals surface area contributed by atoms with Gasteiger partial charge in [0.05, 0.1) is 54.0 Å². The van der Waals surface area contributed by atoms with Crippen molar-refractivity contribution in [2.45, 2.75) is 19.0 Å². The molecular weight excluding hydrogens is 560 g/mol. The number of anilines is 1. The molecule has 4 aromatic rings. The molecule has 10 nitrogen and oxygen atoms in total. The van der Waals surface area contributed by atoms with E-state index in [0.29, 0.717) is 40.5 Å². The van der Waals surface area contributed by atoms with Crippen LogP contribution in [0.3, 0.4) is 0 Å². The number of hydrogen-bond donors (Lipinski definition) is 0. The molecule has 232 valence electrons. The minimum Gasteiger partial charge on any atom is -0.493 e. The summed E-state index contributed by atoms with van der Waals surface area (Å²) in [5.41, 5.74) is 5.78. The molecule has 10 heteroatoms. The molecule has 0 aliphatic carbocycles. The largest absolute Gasteiger partial charge is 0.493 e. The van der Waals surface area contributed by atoms with E-state index in [-0.39, 0.29) is 0 Å². The lowest BCUT2D eigenvalue weighted by Crippen LogP contribution is -2.34. The predicted octanol–water partition coefficient (Wildman–Crippen LogP) is 5.57. The number of ether oxygens (including phenoxy) is 6. The Morgan fingerprint density at radius 3 is 1.68 bits per heavy atom. The molecule has 0 unspecified atom stereocenters. The quantitative estimate of drug-likeness (QED) is 0.206. The average Bonchev–Trinajstić information content (AvgIpc) is 3.54. The molecule has 0 bridgehead atoms. The molecular formula is C34H40N4O6. The molecule has 2 aromatic carbocycles. The van der Waals surface area contributed by atoms with Crippen molar-refractivity contribution < 1.29 is 28.4 Å². The molecule has 1 aliphatic heterocycles. The lowest BCUT2D eigenvalue weighted by atomic mass is 10.1. The average molecular weight is 601 g/mol. The third kappa shape index (κ3) is 6.30. The number of hydrogen-bond acceptors (Lipinski definition) is 10. The Balaban J connectivity index is 1.30. The van der Waals surface area contributed by atoms with Gasteiger partial charge in [-0.3, -0.25) is 14.9 Å². The number of pyridine rings is 2. The maximum absolute atomic E-state index is 5.55. The van der Waals surface area contributed by atoms with E-state index in [9.17, 15) is 0 Å². The lowest BCUT2D eigenvalue weighted by molar-refractivity contribution is 0.324. The number of methoxy groups -OCH3 is 6. The summed E-state index contributed by atoms with van der Waals surface area (Å²) < 4.78 is 33.2. The highest BCUT2D eigenvalue weighted by Crippen LogP contribution is 2.42. The summed E-state index contributed by atoms with van der Waals surface area (Å²) in [6.07, 6.45) is 4.76. The van der Waals surface area contributed by atoms with E-state index in [0.717, 1.165) is 54.3 Å². The van der Waals surface area contributed by atoms with Crippen LogP contribution in [0.5, 0.6) is 34.5 Å². The van der Waals surface area contributed by atoms with Crippen LogP contribution in [-0.2, 0) is 6.54 Å². The van der Waals surface area contributed by atoms with Crippen molar-refractivity contribution in [3.8, 4) is 57.0 Å². The number of aromatic nitrogens is 2. The van der Waals surface area contributed by atoms with Gasteiger partial charge >= 0.3 is 0 Å². The Bertz CT molecular complexity index is 1550. The molecule has 1 saturated heterocycles. The van der Waals surface area contributed by atoms with Crippen molar-refractivity contribution in [1.29, 1.82) is 0 Å². The van der Waals surface area contributed by atoms with Gasteiger partial charge in [-0.1, -0.05) is 0 Å². The van der Waals surface area contributed by atoms with E-state index in [4.69, 9.17) is 28.4 Å². The van der Waals surface area contributed by atoms with Crippen LogP contribution in [0.1, 0.15) is 12.0 Å². The third-order valence-corrected chi connectivity index (χ3v) is 8.10. The molecule has 0 radical (unpaired) electrons. The van der Waals surface area contributed by atoms with E-state index in [1.165, 1.54) is 5.56 Å². The maximum atomic E-state index is 5.55. The topological polar surface area (TPSA) is 87.6 Å². The van der Waals surface area contributed by atoms with Crippen LogP contribution in [-0.4, -0.2) is 83.7 Å². The van der Waals surface area contributed by atoms with Gasteiger partial charge in [0.1, 0.15) is 0 Å². The highest BCUT2D eigenvalue weighted by atomic mass is 16.5. The first-order valence-corrected chi connectivity index (χ1v) is 14.4. The normalized spacial score (nSPS) is 14.7. The van der Waals surface area contributed by atoms with E-state index in [1.807, 2.05) is 36.7 Å². The zero-order chi connectivity index (χ0) is 31.2. The molecule has 44 heavy (non-hydrogen) atoms. The molecule has 3 heterocycles. The molecule has 1 aliphatic rings. The smallest absolute Gasteiger partial charge is 0.203 e. The van der Waals surface area contributed by atoms with Crippen molar-refractivity contribution in [2.24, 2.45) is 0 Å². The van der Waals surface area contributed by atoms with Crippen molar-refractivity contribution in [2.75, 3.05) is 67.7 Å². The SMILES string of the molecule is COc1cc(-c2cc(CN3CC[C@H](N(C)c4ccnc(-c5cc(OC)c(OC)c(OC)c5)c4)C3)ccn2)cc(OC)c1OC. The van der Waals surface area contributed by atoms with Crippen molar-refractivity contribution in [3.63, 3.8) is 0 Å². The second kappa shape index (κ2) is 13.7. The number of likely N-dealkylation sites (tertiary alicyclic amines) is 1. The van der Waals surface area contributed by atoms with Crippen molar-refractivity contribution >= 4 is 5.69 Å². The summed E-state index contributed by atoms with van der Waals surface area (Å²) in [7, 11) is 11.8. The molecule has 1 fully saturated rings. The van der Waals surface area contributed by atoms with Crippen LogP contribution in [0, 0.1) is 0 Å². The highest BCUT2D eigenvalue weighted by molar-refractivity contribution is 5.71. The van der Waals surface area contributed by atoms with E-state index in [2.05, 4.69) is 51.1 Å². The van der Waals surface area contributed by atoms with E-state index >= 15 is 0 Å². The van der Waals surface area contributed by atoms with Gasteiger partial charge in [0.25, 0.3) is 0 Å². The summed E-state index contributed by atoms with van der Waals surface area (Å²) >= 11 is 0. The Morgan fingerprint density at radius 2 is 1.18 bits per heavy atom. The third-order valence-electron chi connectivity index (χ3n) is 8.10.